The van der Waals surface area contributed by atoms with Crippen LogP contribution in [0.5, 0.6) is 5.75 Å². The monoisotopic (exact) mass is 342 g/mol. The molecule has 2 aromatic carbocycles. The van der Waals surface area contributed by atoms with Crippen LogP contribution >= 0.6 is 0 Å². The van der Waals surface area contributed by atoms with Crippen molar-refractivity contribution in [2.45, 2.75) is 13.5 Å². The summed E-state index contributed by atoms with van der Waals surface area (Å²) in [6.07, 6.45) is 6.87. The summed E-state index contributed by atoms with van der Waals surface area (Å²) in [6.45, 7) is 2.24. The number of ether oxygens (including phenoxy) is 1. The zero-order valence-corrected chi connectivity index (χ0v) is 14.4. The van der Waals surface area contributed by atoms with Gasteiger partial charge in [-0.15, -0.1) is 0 Å². The Morgan fingerprint density at radius 3 is 2.58 bits per heavy atom. The molecule has 0 unspecified atom stereocenters. The Hall–Kier alpha value is -3.58. The van der Waals surface area contributed by atoms with E-state index in [1.165, 1.54) is 6.08 Å². The molecular formula is C22H18N2O2. The van der Waals surface area contributed by atoms with Gasteiger partial charge >= 0.3 is 0 Å². The van der Waals surface area contributed by atoms with E-state index < -0.39 is 0 Å². The third-order valence-corrected chi connectivity index (χ3v) is 3.74. The zero-order chi connectivity index (χ0) is 18.2. The van der Waals surface area contributed by atoms with Crippen molar-refractivity contribution in [3.63, 3.8) is 0 Å². The maximum atomic E-state index is 8.44. The van der Waals surface area contributed by atoms with Gasteiger partial charge in [-0.1, -0.05) is 48.6 Å². The van der Waals surface area contributed by atoms with Crippen LogP contribution in [-0.2, 0) is 6.61 Å². The largest absolute Gasteiger partial charge is 0.487 e. The number of aryl methyl sites for hydroxylation is 1. The van der Waals surface area contributed by atoms with Crippen molar-refractivity contribution in [1.82, 2.24) is 4.98 Å². The molecule has 0 radical (unpaired) electrons. The number of hydrogen-bond acceptors (Lipinski definition) is 4. The summed E-state index contributed by atoms with van der Waals surface area (Å²) in [6, 6.07) is 19.5. The molecule has 3 rings (SSSR count). The molecule has 1 aromatic heterocycles. The van der Waals surface area contributed by atoms with Crippen LogP contribution in [0.15, 0.2) is 77.2 Å². The van der Waals surface area contributed by atoms with E-state index in [0.717, 1.165) is 28.3 Å². The number of benzene rings is 2. The fraction of sp³-hybridized carbons (Fsp3) is 0.0909. The molecule has 4 nitrogen and oxygen atoms in total. The molecule has 0 saturated heterocycles. The Labute approximate surface area is 152 Å². The third-order valence-electron chi connectivity index (χ3n) is 3.74. The van der Waals surface area contributed by atoms with Gasteiger partial charge in [-0.2, -0.15) is 5.26 Å². The van der Waals surface area contributed by atoms with Crippen LogP contribution in [0.1, 0.15) is 17.0 Å². The quantitative estimate of drug-likeness (QED) is 0.449. The maximum absolute atomic E-state index is 8.44. The number of allylic oxidation sites excluding steroid dienone is 3. The molecule has 0 aliphatic carbocycles. The van der Waals surface area contributed by atoms with E-state index in [-0.39, 0.29) is 0 Å². The highest BCUT2D eigenvalue weighted by Gasteiger charge is 2.11. The minimum absolute atomic E-state index is 0.349. The van der Waals surface area contributed by atoms with Gasteiger partial charge in [-0.25, -0.2) is 4.98 Å². The van der Waals surface area contributed by atoms with Crippen molar-refractivity contribution >= 4 is 6.08 Å². The van der Waals surface area contributed by atoms with E-state index in [1.54, 1.807) is 6.08 Å². The van der Waals surface area contributed by atoms with E-state index in [1.807, 2.05) is 79.7 Å². The molecule has 0 aliphatic heterocycles. The summed E-state index contributed by atoms with van der Waals surface area (Å²) in [7, 11) is 0. The molecular weight excluding hydrogens is 324 g/mol. The lowest BCUT2D eigenvalue weighted by Gasteiger charge is -2.04. The fourth-order valence-electron chi connectivity index (χ4n) is 2.36. The fourth-order valence-corrected chi connectivity index (χ4v) is 2.36. The topological polar surface area (TPSA) is 59.1 Å². The van der Waals surface area contributed by atoms with Gasteiger partial charge in [0.05, 0.1) is 6.07 Å². The molecule has 0 N–H and O–H groups in total. The van der Waals surface area contributed by atoms with Crippen LogP contribution < -0.4 is 4.74 Å². The SMILES string of the molecule is Cc1oc(-c2ccccc2)nc1COc1ccc(/C=C/C=C/C#N)cc1. The second-order valence-electron chi connectivity index (χ2n) is 5.59. The second kappa shape index (κ2) is 8.50. The number of nitrogens with zero attached hydrogens (tertiary/aromatic N) is 2. The second-order valence-corrected chi connectivity index (χ2v) is 5.59. The van der Waals surface area contributed by atoms with Crippen molar-refractivity contribution < 1.29 is 9.15 Å². The first-order valence-corrected chi connectivity index (χ1v) is 8.23. The summed E-state index contributed by atoms with van der Waals surface area (Å²) in [4.78, 5) is 4.53. The lowest BCUT2D eigenvalue weighted by Crippen LogP contribution is -1.97. The number of hydrogen-bond donors (Lipinski definition) is 0. The molecule has 4 heteroatoms. The Balaban J connectivity index is 1.63. The summed E-state index contributed by atoms with van der Waals surface area (Å²) in [5.74, 6) is 2.12. The number of rotatable bonds is 6. The van der Waals surface area contributed by atoms with E-state index in [9.17, 15) is 0 Å². The Morgan fingerprint density at radius 2 is 1.85 bits per heavy atom. The van der Waals surface area contributed by atoms with Gasteiger partial charge < -0.3 is 9.15 Å². The first-order valence-electron chi connectivity index (χ1n) is 8.23. The molecule has 26 heavy (non-hydrogen) atoms. The molecule has 0 spiro atoms. The van der Waals surface area contributed by atoms with Crippen molar-refractivity contribution in [3.8, 4) is 23.3 Å². The highest BCUT2D eigenvalue weighted by atomic mass is 16.5. The molecule has 128 valence electrons. The predicted octanol–water partition coefficient (Wildman–Crippen LogP) is 5.32. The molecule has 0 aliphatic rings. The summed E-state index contributed by atoms with van der Waals surface area (Å²) in [5, 5.41) is 8.44. The van der Waals surface area contributed by atoms with Crippen LogP contribution in [-0.4, -0.2) is 4.98 Å². The van der Waals surface area contributed by atoms with Crippen molar-refractivity contribution in [1.29, 1.82) is 5.26 Å². The Bertz CT molecular complexity index is 946. The van der Waals surface area contributed by atoms with Crippen molar-refractivity contribution in [3.05, 3.63) is 89.8 Å². The summed E-state index contributed by atoms with van der Waals surface area (Å²) >= 11 is 0. The minimum atomic E-state index is 0.349. The number of aromatic nitrogens is 1. The normalized spacial score (nSPS) is 11.1. The lowest BCUT2D eigenvalue weighted by atomic mass is 10.2. The van der Waals surface area contributed by atoms with Gasteiger partial charge in [-0.3, -0.25) is 0 Å². The van der Waals surface area contributed by atoms with Crippen molar-refractivity contribution in [2.75, 3.05) is 0 Å². The van der Waals surface area contributed by atoms with E-state index in [4.69, 9.17) is 14.4 Å². The third kappa shape index (κ3) is 4.49. The van der Waals surface area contributed by atoms with Crippen LogP contribution in [0.4, 0.5) is 0 Å². The first-order chi connectivity index (χ1) is 12.8. The van der Waals surface area contributed by atoms with Crippen molar-refractivity contribution in [2.24, 2.45) is 0 Å². The molecule has 0 bridgehead atoms. The van der Waals surface area contributed by atoms with Gasteiger partial charge in [0.15, 0.2) is 0 Å². The molecule has 0 saturated carbocycles. The van der Waals surface area contributed by atoms with Gasteiger partial charge in [-0.05, 0) is 36.8 Å². The van der Waals surface area contributed by atoms with E-state index >= 15 is 0 Å². The van der Waals surface area contributed by atoms with Crippen LogP contribution in [0.25, 0.3) is 17.5 Å². The average Bonchev–Trinajstić information content (AvgIpc) is 3.06. The van der Waals surface area contributed by atoms with E-state index in [2.05, 4.69) is 4.98 Å². The smallest absolute Gasteiger partial charge is 0.226 e. The molecule has 3 aromatic rings. The molecule has 0 fully saturated rings. The number of oxazole rings is 1. The van der Waals surface area contributed by atoms with Gasteiger partial charge in [0.25, 0.3) is 0 Å². The Morgan fingerprint density at radius 1 is 1.08 bits per heavy atom. The lowest BCUT2D eigenvalue weighted by molar-refractivity contribution is 0.299. The van der Waals surface area contributed by atoms with Gasteiger partial charge in [0.1, 0.15) is 23.8 Å². The van der Waals surface area contributed by atoms with E-state index in [0.29, 0.717) is 12.5 Å². The molecule has 0 amide bonds. The highest BCUT2D eigenvalue weighted by molar-refractivity contribution is 5.53. The average molecular weight is 342 g/mol. The standard InChI is InChI=1S/C22H18N2O2/c1-17-21(24-22(26-17)19-9-5-2-6-10-19)16-25-20-13-11-18(12-14-20)8-4-3-7-15-23/h2-14H,16H2,1H3/b7-3+,8-4+. The van der Waals surface area contributed by atoms with Gasteiger partial charge in [0, 0.05) is 11.6 Å². The summed E-state index contributed by atoms with van der Waals surface area (Å²) in [5.41, 5.74) is 2.77. The molecule has 1 heterocycles. The number of nitriles is 1. The van der Waals surface area contributed by atoms with Crippen LogP contribution in [0, 0.1) is 18.3 Å². The molecule has 0 atom stereocenters. The summed E-state index contributed by atoms with van der Waals surface area (Å²) < 4.78 is 11.6. The highest BCUT2D eigenvalue weighted by Crippen LogP contribution is 2.22. The Kier molecular flexibility index (Phi) is 5.64. The first kappa shape index (κ1) is 17.2. The predicted molar refractivity (Wildman–Crippen MR) is 101 cm³/mol. The maximum Gasteiger partial charge on any atom is 0.226 e. The van der Waals surface area contributed by atoms with Crippen LogP contribution in [0.2, 0.25) is 0 Å². The van der Waals surface area contributed by atoms with Gasteiger partial charge in [0.2, 0.25) is 5.89 Å². The zero-order valence-electron chi connectivity index (χ0n) is 14.4. The van der Waals surface area contributed by atoms with Crippen LogP contribution in [0.3, 0.4) is 0 Å². The minimum Gasteiger partial charge on any atom is -0.487 e.